The zero-order chi connectivity index (χ0) is 14.3. The minimum atomic E-state index is -0.0804. The molecule has 0 spiro atoms. The van der Waals surface area contributed by atoms with Gasteiger partial charge in [0.2, 0.25) is 5.91 Å². The molecule has 0 aliphatic carbocycles. The van der Waals surface area contributed by atoms with Crippen molar-refractivity contribution >= 4 is 11.8 Å². The summed E-state index contributed by atoms with van der Waals surface area (Å²) in [5, 5.41) is 2.53. The van der Waals surface area contributed by atoms with E-state index in [2.05, 4.69) is 5.32 Å². The second kappa shape index (κ2) is 7.53. The fraction of sp³-hybridized carbons (Fsp3) is 0.429. The molecule has 1 aromatic rings. The van der Waals surface area contributed by atoms with Crippen molar-refractivity contribution in [2.45, 2.75) is 12.8 Å². The van der Waals surface area contributed by atoms with E-state index in [1.807, 2.05) is 12.1 Å². The Kier molecular flexibility index (Phi) is 6.02. The van der Waals surface area contributed by atoms with E-state index >= 15 is 0 Å². The predicted octanol–water partition coefficient (Wildman–Crippen LogP) is 0.396. The normalized spacial score (nSPS) is 10.1. The number of rotatable bonds is 6. The lowest BCUT2D eigenvalue weighted by Crippen LogP contribution is -2.31. The van der Waals surface area contributed by atoms with Gasteiger partial charge in [0.1, 0.15) is 0 Å². The van der Waals surface area contributed by atoms with Crippen LogP contribution in [0, 0.1) is 0 Å². The van der Waals surface area contributed by atoms with E-state index < -0.39 is 0 Å². The van der Waals surface area contributed by atoms with Crippen molar-refractivity contribution in [3.63, 3.8) is 0 Å². The Labute approximate surface area is 113 Å². The molecule has 104 valence electrons. The predicted molar refractivity (Wildman–Crippen MR) is 74.8 cm³/mol. The monoisotopic (exact) mass is 263 g/mol. The topological polar surface area (TPSA) is 75.4 Å². The number of carbonyl (C=O) groups is 2. The fourth-order valence-corrected chi connectivity index (χ4v) is 1.70. The standard InChI is InChI=1S/C14H21N3O2/c1-16-13(18)8-10-17(2)14(19)12-5-3-11(4-6-12)7-9-15/h3-6H,7-10,15H2,1-2H3,(H,16,18). The van der Waals surface area contributed by atoms with E-state index in [9.17, 15) is 9.59 Å². The van der Waals surface area contributed by atoms with Crippen LogP contribution in [0.15, 0.2) is 24.3 Å². The Bertz CT molecular complexity index is 429. The Hall–Kier alpha value is -1.88. The summed E-state index contributed by atoms with van der Waals surface area (Å²) in [5.41, 5.74) is 7.22. The molecule has 0 saturated heterocycles. The van der Waals surface area contributed by atoms with Crippen LogP contribution in [-0.2, 0) is 11.2 Å². The highest BCUT2D eigenvalue weighted by molar-refractivity contribution is 5.94. The van der Waals surface area contributed by atoms with Gasteiger partial charge in [-0.2, -0.15) is 0 Å². The molecule has 0 atom stereocenters. The van der Waals surface area contributed by atoms with Crippen molar-refractivity contribution in [1.29, 1.82) is 0 Å². The van der Waals surface area contributed by atoms with Gasteiger partial charge in [0.05, 0.1) is 0 Å². The molecule has 0 heterocycles. The van der Waals surface area contributed by atoms with Crippen LogP contribution in [0.2, 0.25) is 0 Å². The van der Waals surface area contributed by atoms with Gasteiger partial charge in [-0.1, -0.05) is 12.1 Å². The summed E-state index contributed by atoms with van der Waals surface area (Å²) >= 11 is 0. The first kappa shape index (κ1) is 15.2. The van der Waals surface area contributed by atoms with Gasteiger partial charge in [-0.15, -0.1) is 0 Å². The average Bonchev–Trinajstić information content (AvgIpc) is 2.44. The molecule has 0 aliphatic heterocycles. The van der Waals surface area contributed by atoms with Crippen molar-refractivity contribution in [1.82, 2.24) is 10.2 Å². The van der Waals surface area contributed by atoms with E-state index in [4.69, 9.17) is 5.73 Å². The second-order valence-electron chi connectivity index (χ2n) is 4.39. The van der Waals surface area contributed by atoms with Crippen LogP contribution in [0.3, 0.4) is 0 Å². The van der Waals surface area contributed by atoms with Crippen LogP contribution in [-0.4, -0.2) is 43.9 Å². The highest BCUT2D eigenvalue weighted by Gasteiger charge is 2.12. The molecular weight excluding hydrogens is 242 g/mol. The maximum absolute atomic E-state index is 12.1. The van der Waals surface area contributed by atoms with Crippen LogP contribution in [0.4, 0.5) is 0 Å². The number of hydrogen-bond donors (Lipinski definition) is 2. The van der Waals surface area contributed by atoms with Crippen molar-refractivity contribution in [2.75, 3.05) is 27.2 Å². The number of nitrogens with two attached hydrogens (primary N) is 1. The first-order chi connectivity index (χ1) is 9.08. The minimum Gasteiger partial charge on any atom is -0.359 e. The molecule has 1 aromatic carbocycles. The molecule has 19 heavy (non-hydrogen) atoms. The number of amides is 2. The van der Waals surface area contributed by atoms with Gasteiger partial charge >= 0.3 is 0 Å². The van der Waals surface area contributed by atoms with Crippen molar-refractivity contribution in [3.8, 4) is 0 Å². The number of nitrogens with one attached hydrogen (secondary N) is 1. The van der Waals surface area contributed by atoms with Gasteiger partial charge in [-0.3, -0.25) is 9.59 Å². The third-order valence-electron chi connectivity index (χ3n) is 2.93. The zero-order valence-corrected chi connectivity index (χ0v) is 11.5. The van der Waals surface area contributed by atoms with E-state index in [0.29, 0.717) is 25.1 Å². The van der Waals surface area contributed by atoms with Gasteiger partial charge in [-0.05, 0) is 30.7 Å². The van der Waals surface area contributed by atoms with Crippen LogP contribution in [0.5, 0.6) is 0 Å². The molecule has 1 rings (SSSR count). The first-order valence-electron chi connectivity index (χ1n) is 6.33. The van der Waals surface area contributed by atoms with Gasteiger partial charge in [0.15, 0.2) is 0 Å². The van der Waals surface area contributed by atoms with Crippen molar-refractivity contribution < 1.29 is 9.59 Å². The maximum Gasteiger partial charge on any atom is 0.253 e. The molecule has 0 unspecified atom stereocenters. The van der Waals surface area contributed by atoms with Gasteiger partial charge in [0.25, 0.3) is 5.91 Å². The van der Waals surface area contributed by atoms with Crippen molar-refractivity contribution in [3.05, 3.63) is 35.4 Å². The molecule has 0 saturated carbocycles. The summed E-state index contributed by atoms with van der Waals surface area (Å²) in [6.07, 6.45) is 1.12. The summed E-state index contributed by atoms with van der Waals surface area (Å²) in [4.78, 5) is 24.8. The number of carbonyl (C=O) groups excluding carboxylic acids is 2. The minimum absolute atomic E-state index is 0.0713. The second-order valence-corrected chi connectivity index (χ2v) is 4.39. The van der Waals surface area contributed by atoms with Crippen LogP contribution in [0.25, 0.3) is 0 Å². The Morgan fingerprint density at radius 3 is 2.42 bits per heavy atom. The average molecular weight is 263 g/mol. The van der Waals surface area contributed by atoms with Crippen molar-refractivity contribution in [2.24, 2.45) is 5.73 Å². The summed E-state index contributed by atoms with van der Waals surface area (Å²) < 4.78 is 0. The quantitative estimate of drug-likeness (QED) is 0.780. The number of nitrogens with zero attached hydrogens (tertiary/aromatic N) is 1. The zero-order valence-electron chi connectivity index (χ0n) is 11.5. The Morgan fingerprint density at radius 1 is 1.26 bits per heavy atom. The Balaban J connectivity index is 2.58. The lowest BCUT2D eigenvalue weighted by molar-refractivity contribution is -0.120. The third-order valence-corrected chi connectivity index (χ3v) is 2.93. The number of hydrogen-bond acceptors (Lipinski definition) is 3. The molecule has 0 bridgehead atoms. The van der Waals surface area contributed by atoms with E-state index in [-0.39, 0.29) is 11.8 Å². The lowest BCUT2D eigenvalue weighted by atomic mass is 10.1. The first-order valence-corrected chi connectivity index (χ1v) is 6.33. The molecule has 0 radical (unpaired) electrons. The summed E-state index contributed by atoms with van der Waals surface area (Å²) in [5.74, 6) is -0.152. The highest BCUT2D eigenvalue weighted by Crippen LogP contribution is 2.07. The molecule has 2 amide bonds. The SMILES string of the molecule is CNC(=O)CCN(C)C(=O)c1ccc(CCN)cc1. The van der Waals surface area contributed by atoms with Crippen LogP contribution < -0.4 is 11.1 Å². The Morgan fingerprint density at radius 2 is 1.89 bits per heavy atom. The molecule has 5 nitrogen and oxygen atoms in total. The molecular formula is C14H21N3O2. The summed E-state index contributed by atoms with van der Waals surface area (Å²) in [7, 11) is 3.28. The molecule has 0 aliphatic rings. The van der Waals surface area contributed by atoms with E-state index in [0.717, 1.165) is 12.0 Å². The van der Waals surface area contributed by atoms with E-state index in [1.54, 1.807) is 31.1 Å². The smallest absolute Gasteiger partial charge is 0.253 e. The van der Waals surface area contributed by atoms with Crippen LogP contribution >= 0.6 is 0 Å². The van der Waals surface area contributed by atoms with Gasteiger partial charge in [0, 0.05) is 32.6 Å². The molecule has 3 N–H and O–H groups in total. The molecule has 0 aromatic heterocycles. The summed E-state index contributed by atoms with van der Waals surface area (Å²) in [6.45, 7) is 1.00. The summed E-state index contributed by atoms with van der Waals surface area (Å²) in [6, 6.07) is 7.41. The van der Waals surface area contributed by atoms with Crippen LogP contribution in [0.1, 0.15) is 22.3 Å². The number of benzene rings is 1. The van der Waals surface area contributed by atoms with Gasteiger partial charge < -0.3 is 16.0 Å². The maximum atomic E-state index is 12.1. The largest absolute Gasteiger partial charge is 0.359 e. The molecule has 0 fully saturated rings. The third kappa shape index (κ3) is 4.71. The highest BCUT2D eigenvalue weighted by atomic mass is 16.2. The lowest BCUT2D eigenvalue weighted by Gasteiger charge is -2.16. The molecule has 5 heteroatoms. The fourth-order valence-electron chi connectivity index (χ4n) is 1.70. The van der Waals surface area contributed by atoms with Gasteiger partial charge in [-0.25, -0.2) is 0 Å². The van der Waals surface area contributed by atoms with E-state index in [1.165, 1.54) is 0 Å².